The summed E-state index contributed by atoms with van der Waals surface area (Å²) in [6.07, 6.45) is 2.83. The second kappa shape index (κ2) is 3.73. The number of rotatable bonds is 3. The molecule has 1 rings (SSSR count). The molecule has 0 aliphatic heterocycles. The number of aryl methyl sites for hydroxylation is 1. The highest BCUT2D eigenvalue weighted by Crippen LogP contribution is 2.10. The summed E-state index contributed by atoms with van der Waals surface area (Å²) in [6, 6.07) is 0. The molecule has 0 amide bonds. The fourth-order valence-electron chi connectivity index (χ4n) is 0.858. The van der Waals surface area contributed by atoms with E-state index in [-0.39, 0.29) is 5.82 Å². The Balaban J connectivity index is 2.78. The first kappa shape index (κ1) is 10.6. The van der Waals surface area contributed by atoms with Crippen molar-refractivity contribution in [3.05, 3.63) is 22.7 Å². The van der Waals surface area contributed by atoms with Crippen LogP contribution in [0.5, 0.6) is 0 Å². The van der Waals surface area contributed by atoms with Crippen molar-refractivity contribution in [2.24, 2.45) is 7.05 Å². The van der Waals surface area contributed by atoms with Crippen molar-refractivity contribution in [1.82, 2.24) is 9.55 Å². The Morgan fingerprint density at radius 2 is 2.29 bits per heavy atom. The van der Waals surface area contributed by atoms with Gasteiger partial charge in [-0.25, -0.2) is 13.8 Å². The Morgan fingerprint density at radius 1 is 1.64 bits per heavy atom. The first-order valence-corrected chi connectivity index (χ1v) is 4.03. The number of hydrogen-bond donors (Lipinski definition) is 1. The molecule has 1 aromatic heterocycles. The summed E-state index contributed by atoms with van der Waals surface area (Å²) in [5.74, 6) is -2.92. The molecule has 78 valence electrons. The van der Waals surface area contributed by atoms with E-state index in [0.717, 1.165) is 6.92 Å². The molecular formula is C8H11F2N3O. The van der Waals surface area contributed by atoms with Gasteiger partial charge >= 0.3 is 0 Å². The van der Waals surface area contributed by atoms with E-state index in [2.05, 4.69) is 10.3 Å². The first-order chi connectivity index (χ1) is 6.40. The summed E-state index contributed by atoms with van der Waals surface area (Å²) in [5.41, 5.74) is -0.420. The standard InChI is InChI=1S/C8H11F2N3O/c1-8(9,10)5-12-6-7(14)13(2)4-3-11-6/h3-4H,5H2,1-2H3,(H,11,12). The minimum Gasteiger partial charge on any atom is -0.359 e. The maximum absolute atomic E-state index is 12.4. The highest BCUT2D eigenvalue weighted by molar-refractivity contribution is 5.30. The lowest BCUT2D eigenvalue weighted by Gasteiger charge is -2.11. The highest BCUT2D eigenvalue weighted by Gasteiger charge is 2.21. The fraction of sp³-hybridized carbons (Fsp3) is 0.500. The van der Waals surface area contributed by atoms with Crippen LogP contribution >= 0.6 is 0 Å². The molecule has 14 heavy (non-hydrogen) atoms. The second-order valence-corrected chi connectivity index (χ2v) is 3.12. The van der Waals surface area contributed by atoms with Crippen molar-refractivity contribution in [3.8, 4) is 0 Å². The predicted octanol–water partition coefficient (Wildman–Crippen LogP) is 0.847. The van der Waals surface area contributed by atoms with Gasteiger partial charge in [0, 0.05) is 26.4 Å². The molecule has 0 aliphatic rings. The van der Waals surface area contributed by atoms with Gasteiger partial charge in [0.1, 0.15) is 0 Å². The zero-order valence-electron chi connectivity index (χ0n) is 7.92. The van der Waals surface area contributed by atoms with Crippen LogP contribution in [0.1, 0.15) is 6.92 Å². The number of nitrogens with zero attached hydrogens (tertiary/aromatic N) is 2. The topological polar surface area (TPSA) is 46.9 Å². The Hall–Kier alpha value is -1.46. The smallest absolute Gasteiger partial charge is 0.293 e. The van der Waals surface area contributed by atoms with Gasteiger partial charge in [-0.15, -0.1) is 0 Å². The summed E-state index contributed by atoms with van der Waals surface area (Å²) in [6.45, 7) is 0.173. The number of halogens is 2. The van der Waals surface area contributed by atoms with Gasteiger partial charge in [-0.1, -0.05) is 0 Å². The number of nitrogens with one attached hydrogen (secondary N) is 1. The van der Waals surface area contributed by atoms with Crippen molar-refractivity contribution in [1.29, 1.82) is 0 Å². The van der Waals surface area contributed by atoms with E-state index in [1.165, 1.54) is 24.0 Å². The van der Waals surface area contributed by atoms with Gasteiger partial charge in [-0.3, -0.25) is 4.79 Å². The lowest BCUT2D eigenvalue weighted by atomic mass is 10.4. The Labute approximate surface area is 79.6 Å². The normalized spacial score (nSPS) is 11.4. The van der Waals surface area contributed by atoms with E-state index in [4.69, 9.17) is 0 Å². The third kappa shape index (κ3) is 2.79. The van der Waals surface area contributed by atoms with Gasteiger partial charge < -0.3 is 9.88 Å². The van der Waals surface area contributed by atoms with Gasteiger partial charge in [0.15, 0.2) is 5.82 Å². The van der Waals surface area contributed by atoms with Crippen LogP contribution in [0.2, 0.25) is 0 Å². The molecular weight excluding hydrogens is 192 g/mol. The summed E-state index contributed by atoms with van der Waals surface area (Å²) in [7, 11) is 1.53. The van der Waals surface area contributed by atoms with Crippen molar-refractivity contribution >= 4 is 5.82 Å². The molecule has 0 saturated carbocycles. The van der Waals surface area contributed by atoms with E-state index < -0.39 is 18.0 Å². The molecule has 0 aromatic carbocycles. The molecule has 0 aliphatic carbocycles. The largest absolute Gasteiger partial charge is 0.359 e. The van der Waals surface area contributed by atoms with E-state index in [9.17, 15) is 13.6 Å². The van der Waals surface area contributed by atoms with Crippen molar-refractivity contribution < 1.29 is 8.78 Å². The molecule has 4 nitrogen and oxygen atoms in total. The Bertz CT molecular complexity index is 370. The average molecular weight is 203 g/mol. The average Bonchev–Trinajstić information content (AvgIpc) is 2.06. The van der Waals surface area contributed by atoms with Crippen LogP contribution in [0.15, 0.2) is 17.2 Å². The van der Waals surface area contributed by atoms with Crippen LogP contribution < -0.4 is 10.9 Å². The van der Waals surface area contributed by atoms with Gasteiger partial charge in [0.25, 0.3) is 11.5 Å². The molecule has 1 N–H and O–H groups in total. The Morgan fingerprint density at radius 3 is 2.86 bits per heavy atom. The van der Waals surface area contributed by atoms with E-state index in [1.807, 2.05) is 0 Å². The van der Waals surface area contributed by atoms with E-state index in [0.29, 0.717) is 0 Å². The maximum Gasteiger partial charge on any atom is 0.293 e. The lowest BCUT2D eigenvalue weighted by molar-refractivity contribution is 0.0366. The quantitative estimate of drug-likeness (QED) is 0.792. The third-order valence-corrected chi connectivity index (χ3v) is 1.58. The zero-order valence-corrected chi connectivity index (χ0v) is 7.92. The minimum absolute atomic E-state index is 0.0588. The predicted molar refractivity (Wildman–Crippen MR) is 48.6 cm³/mol. The summed E-state index contributed by atoms with van der Waals surface area (Å²) < 4.78 is 26.1. The summed E-state index contributed by atoms with van der Waals surface area (Å²) in [4.78, 5) is 14.9. The van der Waals surface area contributed by atoms with Gasteiger partial charge in [0.05, 0.1) is 6.54 Å². The third-order valence-electron chi connectivity index (χ3n) is 1.58. The highest BCUT2D eigenvalue weighted by atomic mass is 19.3. The van der Waals surface area contributed by atoms with Crippen LogP contribution in [-0.2, 0) is 7.05 Å². The molecule has 0 atom stereocenters. The molecule has 1 aromatic rings. The number of hydrogen-bond acceptors (Lipinski definition) is 3. The lowest BCUT2D eigenvalue weighted by Crippen LogP contribution is -2.28. The van der Waals surface area contributed by atoms with Gasteiger partial charge in [-0.2, -0.15) is 0 Å². The minimum atomic E-state index is -2.86. The molecule has 0 spiro atoms. The molecule has 0 fully saturated rings. The molecule has 1 heterocycles. The van der Waals surface area contributed by atoms with E-state index >= 15 is 0 Å². The van der Waals surface area contributed by atoms with Gasteiger partial charge in [-0.05, 0) is 0 Å². The molecule has 0 radical (unpaired) electrons. The zero-order chi connectivity index (χ0) is 10.8. The van der Waals surface area contributed by atoms with Crippen LogP contribution in [0.25, 0.3) is 0 Å². The number of anilines is 1. The van der Waals surface area contributed by atoms with Crippen molar-refractivity contribution in [3.63, 3.8) is 0 Å². The first-order valence-electron chi connectivity index (χ1n) is 4.03. The fourth-order valence-corrected chi connectivity index (χ4v) is 0.858. The molecule has 0 bridgehead atoms. The molecule has 0 unspecified atom stereocenters. The second-order valence-electron chi connectivity index (χ2n) is 3.12. The number of alkyl halides is 2. The monoisotopic (exact) mass is 203 g/mol. The molecule has 0 saturated heterocycles. The van der Waals surface area contributed by atoms with Gasteiger partial charge in [0.2, 0.25) is 0 Å². The SMILES string of the molecule is Cn1ccnc(NCC(C)(F)F)c1=O. The maximum atomic E-state index is 12.4. The summed E-state index contributed by atoms with van der Waals surface area (Å²) >= 11 is 0. The van der Waals surface area contributed by atoms with Crippen LogP contribution in [-0.4, -0.2) is 22.0 Å². The van der Waals surface area contributed by atoms with Crippen molar-refractivity contribution in [2.45, 2.75) is 12.8 Å². The summed E-state index contributed by atoms with van der Waals surface area (Å²) in [5, 5.41) is 2.30. The number of aromatic nitrogens is 2. The Kier molecular flexibility index (Phi) is 2.83. The molecule has 6 heteroatoms. The van der Waals surface area contributed by atoms with Crippen LogP contribution in [0, 0.1) is 0 Å². The van der Waals surface area contributed by atoms with Crippen LogP contribution in [0.3, 0.4) is 0 Å². The van der Waals surface area contributed by atoms with Crippen molar-refractivity contribution in [2.75, 3.05) is 11.9 Å². The van der Waals surface area contributed by atoms with Crippen LogP contribution in [0.4, 0.5) is 14.6 Å². The van der Waals surface area contributed by atoms with E-state index in [1.54, 1.807) is 0 Å².